The Morgan fingerprint density at radius 1 is 1.05 bits per heavy atom. The van der Waals surface area contributed by atoms with Gasteiger partial charge in [-0.05, 0) is 82.2 Å². The van der Waals surface area contributed by atoms with E-state index < -0.39 is 6.04 Å². The maximum Gasteiger partial charge on any atom is 0.246 e. The minimum atomic E-state index is -0.602. The number of Topliss-reactive ketones (excluding diaryl/α,β-unsaturated/α-hetero) is 2. The van der Waals surface area contributed by atoms with Crippen molar-refractivity contribution in [3.05, 3.63) is 89.8 Å². The highest BCUT2D eigenvalue weighted by molar-refractivity contribution is 5.96. The number of carbonyl (C=O) groups is 3. The van der Waals surface area contributed by atoms with Crippen molar-refractivity contribution in [1.82, 2.24) is 5.32 Å². The van der Waals surface area contributed by atoms with Crippen LogP contribution in [0.1, 0.15) is 91.3 Å². The predicted molar refractivity (Wildman–Crippen MR) is 177 cm³/mol. The lowest BCUT2D eigenvalue weighted by Gasteiger charge is -2.18. The van der Waals surface area contributed by atoms with E-state index in [4.69, 9.17) is 0 Å². The Balaban J connectivity index is 0. The van der Waals surface area contributed by atoms with Crippen LogP contribution in [0, 0.1) is 18.7 Å². The van der Waals surface area contributed by atoms with Gasteiger partial charge in [0.25, 0.3) is 0 Å². The normalized spacial score (nSPS) is 11.6. The van der Waals surface area contributed by atoms with E-state index in [-0.39, 0.29) is 17.5 Å². The van der Waals surface area contributed by atoms with E-state index in [2.05, 4.69) is 29.9 Å². The van der Waals surface area contributed by atoms with Crippen molar-refractivity contribution in [3.63, 3.8) is 0 Å². The van der Waals surface area contributed by atoms with Crippen LogP contribution in [0.3, 0.4) is 0 Å². The number of rotatable bonds is 11. The van der Waals surface area contributed by atoms with Gasteiger partial charge in [0, 0.05) is 30.1 Å². The number of anilines is 1. The number of allylic oxidation sites excluding steroid dienone is 1. The Morgan fingerprint density at radius 2 is 1.62 bits per heavy atom. The SMILES string of the molecule is C=C(C)C(=O)N[C@@H](CNc1ccc(CCC(=O)C2CC2)cc1C)C(C)=O.C=CC.CC.CC.CCc1ccccc1F. The zero-order chi connectivity index (χ0) is 32.7. The van der Waals surface area contributed by atoms with E-state index >= 15 is 0 Å². The number of amides is 1. The van der Waals surface area contributed by atoms with Gasteiger partial charge in [0.1, 0.15) is 17.6 Å². The van der Waals surface area contributed by atoms with Gasteiger partial charge in [-0.25, -0.2) is 4.39 Å². The summed E-state index contributed by atoms with van der Waals surface area (Å²) in [4.78, 5) is 35.3. The molecule has 2 aromatic carbocycles. The lowest BCUT2D eigenvalue weighted by atomic mass is 10.0. The molecule has 2 aromatic rings. The Morgan fingerprint density at radius 3 is 2.05 bits per heavy atom. The van der Waals surface area contributed by atoms with Gasteiger partial charge >= 0.3 is 0 Å². The topological polar surface area (TPSA) is 75.3 Å². The summed E-state index contributed by atoms with van der Waals surface area (Å²) in [5.74, 6) is 0.164. The summed E-state index contributed by atoms with van der Waals surface area (Å²) in [6.45, 7) is 24.1. The first-order chi connectivity index (χ1) is 20.0. The van der Waals surface area contributed by atoms with Gasteiger partial charge in [-0.15, -0.1) is 6.58 Å². The zero-order valence-electron chi connectivity index (χ0n) is 27.5. The summed E-state index contributed by atoms with van der Waals surface area (Å²) in [5, 5.41) is 5.91. The molecule has 1 amide bonds. The van der Waals surface area contributed by atoms with Gasteiger partial charge in [-0.2, -0.15) is 0 Å². The molecule has 0 heterocycles. The number of ketones is 2. The van der Waals surface area contributed by atoms with Gasteiger partial charge < -0.3 is 10.6 Å². The molecule has 0 bridgehead atoms. The monoisotopic (exact) mass is 582 g/mol. The average Bonchev–Trinajstić information content (AvgIpc) is 3.83. The van der Waals surface area contributed by atoms with Crippen LogP contribution in [0.25, 0.3) is 0 Å². The summed E-state index contributed by atoms with van der Waals surface area (Å²) >= 11 is 0. The lowest BCUT2D eigenvalue weighted by Crippen LogP contribution is -2.44. The molecule has 1 fully saturated rings. The van der Waals surface area contributed by atoms with Gasteiger partial charge in [0.2, 0.25) is 5.91 Å². The van der Waals surface area contributed by atoms with Crippen molar-refractivity contribution in [1.29, 1.82) is 0 Å². The molecule has 0 unspecified atom stereocenters. The molecule has 0 spiro atoms. The first-order valence-electron chi connectivity index (χ1n) is 15.2. The molecule has 6 heteroatoms. The van der Waals surface area contributed by atoms with E-state index in [9.17, 15) is 18.8 Å². The molecule has 1 aliphatic carbocycles. The van der Waals surface area contributed by atoms with E-state index in [0.717, 1.165) is 48.1 Å². The first kappa shape index (κ1) is 40.6. The lowest BCUT2D eigenvalue weighted by molar-refractivity contribution is -0.124. The number of hydrogen-bond acceptors (Lipinski definition) is 4. The standard InChI is InChI=1S/C21H28N2O3.C8H9F.C3H6.2C2H6/c1-13(2)21(26)23-19(15(4)24)12-22-18-9-5-16(11-14(18)3)6-10-20(25)17-7-8-17;1-2-7-5-3-4-6-8(7)9;1-3-2;2*1-2/h5,9,11,17,19,22H,1,6-8,10,12H2,2-4H3,(H,23,26);3-6H,2H2,1H3;3H,1H2,2H3;2*1-2H3/t19-;;;;/m0..../s1. The summed E-state index contributed by atoms with van der Waals surface area (Å²) in [7, 11) is 0. The van der Waals surface area contributed by atoms with Crippen molar-refractivity contribution in [3.8, 4) is 0 Å². The number of nitrogens with one attached hydrogen (secondary N) is 2. The van der Waals surface area contributed by atoms with Crippen molar-refractivity contribution < 1.29 is 18.8 Å². The highest BCUT2D eigenvalue weighted by Gasteiger charge is 2.28. The summed E-state index contributed by atoms with van der Waals surface area (Å²) in [6, 6.07) is 12.3. The number of hydrogen-bond donors (Lipinski definition) is 2. The van der Waals surface area contributed by atoms with Gasteiger partial charge in [-0.1, -0.05) is 77.6 Å². The number of benzene rings is 2. The third kappa shape index (κ3) is 17.3. The fourth-order valence-corrected chi connectivity index (χ4v) is 3.53. The molecule has 2 N–H and O–H groups in total. The predicted octanol–water partition coefficient (Wildman–Crippen LogP) is 8.60. The minimum absolute atomic E-state index is 0.0972. The second-order valence-corrected chi connectivity index (χ2v) is 9.54. The molecule has 234 valence electrons. The maximum absolute atomic E-state index is 12.6. The van der Waals surface area contributed by atoms with Crippen LogP contribution in [-0.2, 0) is 27.2 Å². The molecule has 1 saturated carbocycles. The number of carbonyl (C=O) groups excluding carboxylic acids is 3. The Kier molecular flexibility index (Phi) is 23.3. The van der Waals surface area contributed by atoms with E-state index in [1.165, 1.54) is 13.0 Å². The molecular weight excluding hydrogens is 527 g/mol. The van der Waals surface area contributed by atoms with Crippen molar-refractivity contribution in [2.75, 3.05) is 11.9 Å². The van der Waals surface area contributed by atoms with Gasteiger partial charge in [0.15, 0.2) is 5.78 Å². The summed E-state index contributed by atoms with van der Waals surface area (Å²) in [5.41, 5.74) is 4.27. The molecule has 0 aliphatic heterocycles. The molecule has 0 saturated heterocycles. The number of halogens is 1. The van der Waals surface area contributed by atoms with Gasteiger partial charge in [0.05, 0.1) is 0 Å². The molecule has 0 aromatic heterocycles. The van der Waals surface area contributed by atoms with Crippen molar-refractivity contribution in [2.45, 2.75) is 100 Å². The van der Waals surface area contributed by atoms with Crippen LogP contribution in [0.15, 0.2) is 67.3 Å². The quantitative estimate of drug-likeness (QED) is 0.205. The minimum Gasteiger partial charge on any atom is -0.382 e. The van der Waals surface area contributed by atoms with Crippen molar-refractivity contribution >= 4 is 23.2 Å². The average molecular weight is 583 g/mol. The Hall–Kier alpha value is -3.54. The van der Waals surface area contributed by atoms with Crippen LogP contribution >= 0.6 is 0 Å². The first-order valence-corrected chi connectivity index (χ1v) is 15.2. The van der Waals surface area contributed by atoms with Crippen LogP contribution in [0.4, 0.5) is 10.1 Å². The fraction of sp³-hybridized carbons (Fsp3) is 0.472. The van der Waals surface area contributed by atoms with Crippen molar-refractivity contribution in [2.24, 2.45) is 5.92 Å². The largest absolute Gasteiger partial charge is 0.382 e. The van der Waals surface area contributed by atoms with Crippen LogP contribution in [-0.4, -0.2) is 30.1 Å². The smallest absolute Gasteiger partial charge is 0.246 e. The molecule has 3 rings (SSSR count). The van der Waals surface area contributed by atoms with E-state index in [1.807, 2.05) is 66.7 Å². The second kappa shape index (κ2) is 24.1. The van der Waals surface area contributed by atoms with Crippen LogP contribution in [0.2, 0.25) is 0 Å². The summed E-state index contributed by atoms with van der Waals surface area (Å²) in [6.07, 6.45) is 6.00. The highest BCUT2D eigenvalue weighted by Crippen LogP contribution is 2.31. The molecular formula is C36H55FN2O3. The fourth-order valence-electron chi connectivity index (χ4n) is 3.53. The third-order valence-corrected chi connectivity index (χ3v) is 6.00. The van der Waals surface area contributed by atoms with Gasteiger partial charge in [-0.3, -0.25) is 14.4 Å². The Labute approximate surface area is 255 Å². The zero-order valence-corrected chi connectivity index (χ0v) is 27.5. The highest BCUT2D eigenvalue weighted by atomic mass is 19.1. The molecule has 0 radical (unpaired) electrons. The summed E-state index contributed by atoms with van der Waals surface area (Å²) < 4.78 is 12.6. The molecule has 1 aliphatic rings. The Bertz CT molecular complexity index is 1110. The second-order valence-electron chi connectivity index (χ2n) is 9.54. The molecule has 1 atom stereocenters. The van der Waals surface area contributed by atoms with E-state index in [0.29, 0.717) is 30.2 Å². The molecule has 5 nitrogen and oxygen atoms in total. The maximum atomic E-state index is 12.6. The third-order valence-electron chi connectivity index (χ3n) is 6.00. The number of aryl methyl sites for hydroxylation is 3. The molecule has 42 heavy (non-hydrogen) atoms. The van der Waals surface area contributed by atoms with Crippen LogP contribution < -0.4 is 10.6 Å². The van der Waals surface area contributed by atoms with Crippen LogP contribution in [0.5, 0.6) is 0 Å². The van der Waals surface area contributed by atoms with E-state index in [1.54, 1.807) is 25.1 Å².